The Bertz CT molecular complexity index is 437. The lowest BCUT2D eigenvalue weighted by Crippen LogP contribution is -2.30. The highest BCUT2D eigenvalue weighted by atomic mass is 32.2. The van der Waals surface area contributed by atoms with E-state index in [0.29, 0.717) is 23.5 Å². The molecule has 0 aliphatic carbocycles. The maximum absolute atomic E-state index is 11.2. The number of amides is 1. The van der Waals surface area contributed by atoms with Gasteiger partial charge in [-0.05, 0) is 23.8 Å². The highest BCUT2D eigenvalue weighted by molar-refractivity contribution is 7.98. The van der Waals surface area contributed by atoms with E-state index in [0.717, 1.165) is 5.56 Å². The van der Waals surface area contributed by atoms with E-state index in [2.05, 4.69) is 0 Å². The van der Waals surface area contributed by atoms with Gasteiger partial charge in [0, 0.05) is 11.3 Å². The van der Waals surface area contributed by atoms with Crippen LogP contribution in [-0.2, 0) is 10.5 Å². The van der Waals surface area contributed by atoms with E-state index in [1.165, 1.54) is 11.8 Å². The van der Waals surface area contributed by atoms with Gasteiger partial charge in [-0.25, -0.2) is 0 Å². The maximum Gasteiger partial charge on any atom is 0.320 e. The van der Waals surface area contributed by atoms with Crippen molar-refractivity contribution >= 4 is 23.6 Å². The molecule has 1 amide bonds. The van der Waals surface area contributed by atoms with Crippen LogP contribution in [-0.4, -0.2) is 28.8 Å². The minimum atomic E-state index is -0.992. The van der Waals surface area contributed by atoms with Gasteiger partial charge in [0.15, 0.2) is 0 Å². The lowest BCUT2D eigenvalue weighted by atomic mass is 10.1. The fourth-order valence-electron chi connectivity index (χ4n) is 1.40. The van der Waals surface area contributed by atoms with Crippen LogP contribution in [0.5, 0.6) is 0 Å². The summed E-state index contributed by atoms with van der Waals surface area (Å²) in [4.78, 5) is 21.7. The minimum Gasteiger partial charge on any atom is -0.480 e. The fourth-order valence-corrected chi connectivity index (χ4v) is 2.44. The molecule has 0 radical (unpaired) electrons. The van der Waals surface area contributed by atoms with Crippen molar-refractivity contribution in [2.45, 2.75) is 18.2 Å². The number of hydrogen-bond acceptors (Lipinski definition) is 4. The summed E-state index contributed by atoms with van der Waals surface area (Å²) in [7, 11) is 0. The number of rotatable bonds is 7. The average Bonchev–Trinajstić information content (AvgIpc) is 2.34. The summed E-state index contributed by atoms with van der Waals surface area (Å²) in [5, 5.41) is 8.62. The first kappa shape index (κ1) is 14.5. The van der Waals surface area contributed by atoms with Crippen molar-refractivity contribution in [3.05, 3.63) is 35.4 Å². The summed E-state index contributed by atoms with van der Waals surface area (Å²) in [5.74, 6) is -0.201. The Hall–Kier alpha value is -1.53. The monoisotopic (exact) mass is 268 g/mol. The summed E-state index contributed by atoms with van der Waals surface area (Å²) in [6, 6.07) is 6.29. The van der Waals surface area contributed by atoms with E-state index < -0.39 is 17.9 Å². The van der Waals surface area contributed by atoms with Gasteiger partial charge < -0.3 is 16.6 Å². The molecule has 0 heterocycles. The Kier molecular flexibility index (Phi) is 5.67. The van der Waals surface area contributed by atoms with E-state index in [1.807, 2.05) is 12.1 Å². The normalized spacial score (nSPS) is 12.1. The Balaban J connectivity index is 2.45. The summed E-state index contributed by atoms with van der Waals surface area (Å²) < 4.78 is 0. The maximum atomic E-state index is 11.2. The number of aliphatic carboxylic acids is 1. The second-order valence-electron chi connectivity index (χ2n) is 3.81. The van der Waals surface area contributed by atoms with Gasteiger partial charge in [0.2, 0.25) is 5.91 Å². The molecule has 5 N–H and O–H groups in total. The molecular weight excluding hydrogens is 252 g/mol. The summed E-state index contributed by atoms with van der Waals surface area (Å²) in [6.45, 7) is 0. The van der Waals surface area contributed by atoms with Crippen molar-refractivity contribution < 1.29 is 14.7 Å². The van der Waals surface area contributed by atoms with Crippen LogP contribution in [0.1, 0.15) is 22.3 Å². The molecule has 0 bridgehead atoms. The average molecular weight is 268 g/mol. The van der Waals surface area contributed by atoms with Gasteiger partial charge in [0.25, 0.3) is 0 Å². The van der Waals surface area contributed by atoms with Gasteiger partial charge in [-0.3, -0.25) is 9.59 Å². The van der Waals surface area contributed by atoms with Crippen LogP contribution in [0.15, 0.2) is 24.3 Å². The molecule has 18 heavy (non-hydrogen) atoms. The first-order chi connectivity index (χ1) is 8.52. The molecule has 1 atom stereocenters. The largest absolute Gasteiger partial charge is 0.480 e. The molecule has 1 rings (SSSR count). The van der Waals surface area contributed by atoms with Gasteiger partial charge >= 0.3 is 5.97 Å². The molecule has 0 fully saturated rings. The lowest BCUT2D eigenvalue weighted by molar-refractivity contribution is -0.138. The number of carboxylic acid groups (broad SMARTS) is 1. The van der Waals surface area contributed by atoms with Crippen LogP contribution in [0, 0.1) is 0 Å². The standard InChI is InChI=1S/C12H16N2O3S/c13-10(12(16)17)5-6-18-7-8-3-1-2-4-9(8)11(14)15/h1-4,10H,5-7,13H2,(H2,14,15)(H,16,17). The molecule has 0 aromatic heterocycles. The van der Waals surface area contributed by atoms with Crippen LogP contribution in [0.4, 0.5) is 0 Å². The topological polar surface area (TPSA) is 106 Å². The molecule has 5 nitrogen and oxygen atoms in total. The number of thioether (sulfide) groups is 1. The number of carboxylic acids is 1. The van der Waals surface area contributed by atoms with Gasteiger partial charge in [-0.1, -0.05) is 18.2 Å². The van der Waals surface area contributed by atoms with Gasteiger partial charge in [-0.2, -0.15) is 11.8 Å². The molecule has 1 aromatic carbocycles. The summed E-state index contributed by atoms with van der Waals surface area (Å²) in [6.07, 6.45) is 0.402. The van der Waals surface area contributed by atoms with E-state index in [1.54, 1.807) is 12.1 Å². The number of benzene rings is 1. The fraction of sp³-hybridized carbons (Fsp3) is 0.333. The van der Waals surface area contributed by atoms with E-state index in [-0.39, 0.29) is 0 Å². The molecule has 6 heteroatoms. The van der Waals surface area contributed by atoms with E-state index in [9.17, 15) is 9.59 Å². The van der Waals surface area contributed by atoms with Crippen molar-refractivity contribution in [2.75, 3.05) is 5.75 Å². The number of primary amides is 1. The number of carbonyl (C=O) groups excluding carboxylic acids is 1. The summed E-state index contributed by atoms with van der Waals surface area (Å²) >= 11 is 1.53. The quantitative estimate of drug-likeness (QED) is 0.635. The van der Waals surface area contributed by atoms with Crippen LogP contribution in [0.3, 0.4) is 0 Å². The van der Waals surface area contributed by atoms with Gasteiger partial charge in [-0.15, -0.1) is 0 Å². The van der Waals surface area contributed by atoms with Crippen LogP contribution >= 0.6 is 11.8 Å². The lowest BCUT2D eigenvalue weighted by Gasteiger charge is -2.08. The van der Waals surface area contributed by atoms with Crippen molar-refractivity contribution in [3.8, 4) is 0 Å². The van der Waals surface area contributed by atoms with E-state index in [4.69, 9.17) is 16.6 Å². The molecule has 0 saturated heterocycles. The second kappa shape index (κ2) is 7.03. The van der Waals surface area contributed by atoms with Gasteiger partial charge in [0.05, 0.1) is 0 Å². The second-order valence-corrected chi connectivity index (χ2v) is 4.91. The predicted molar refractivity (Wildman–Crippen MR) is 71.4 cm³/mol. The zero-order chi connectivity index (χ0) is 13.5. The predicted octanol–water partition coefficient (Wildman–Crippen LogP) is 0.821. The minimum absolute atomic E-state index is 0.402. The number of carbonyl (C=O) groups is 2. The van der Waals surface area contributed by atoms with Crippen molar-refractivity contribution in [2.24, 2.45) is 11.5 Å². The molecular formula is C12H16N2O3S. The van der Waals surface area contributed by atoms with Crippen LogP contribution in [0.2, 0.25) is 0 Å². The molecule has 0 saturated carbocycles. The number of nitrogens with two attached hydrogens (primary N) is 2. The highest BCUT2D eigenvalue weighted by Gasteiger charge is 2.11. The Morgan fingerprint density at radius 3 is 2.61 bits per heavy atom. The third-order valence-corrected chi connectivity index (χ3v) is 3.47. The zero-order valence-electron chi connectivity index (χ0n) is 9.83. The third kappa shape index (κ3) is 4.38. The molecule has 1 unspecified atom stereocenters. The Morgan fingerprint density at radius 1 is 1.33 bits per heavy atom. The Morgan fingerprint density at radius 2 is 2.00 bits per heavy atom. The van der Waals surface area contributed by atoms with Crippen molar-refractivity contribution in [1.82, 2.24) is 0 Å². The van der Waals surface area contributed by atoms with Crippen LogP contribution < -0.4 is 11.5 Å². The summed E-state index contributed by atoms with van der Waals surface area (Å²) in [5.41, 5.74) is 12.0. The zero-order valence-corrected chi connectivity index (χ0v) is 10.7. The molecule has 0 spiro atoms. The number of hydrogen-bond donors (Lipinski definition) is 3. The SMILES string of the molecule is NC(=O)c1ccccc1CSCCC(N)C(=O)O. The highest BCUT2D eigenvalue weighted by Crippen LogP contribution is 2.17. The molecule has 1 aromatic rings. The van der Waals surface area contributed by atoms with Crippen molar-refractivity contribution in [1.29, 1.82) is 0 Å². The smallest absolute Gasteiger partial charge is 0.320 e. The van der Waals surface area contributed by atoms with Crippen molar-refractivity contribution in [3.63, 3.8) is 0 Å². The molecule has 0 aliphatic heterocycles. The van der Waals surface area contributed by atoms with E-state index >= 15 is 0 Å². The first-order valence-corrected chi connectivity index (χ1v) is 6.61. The van der Waals surface area contributed by atoms with Gasteiger partial charge in [0.1, 0.15) is 6.04 Å². The third-order valence-electron chi connectivity index (χ3n) is 2.43. The Labute approximate surface area is 110 Å². The van der Waals surface area contributed by atoms with Crippen LogP contribution in [0.25, 0.3) is 0 Å². The first-order valence-electron chi connectivity index (χ1n) is 5.46. The molecule has 98 valence electrons. The molecule has 0 aliphatic rings.